The Morgan fingerprint density at radius 3 is 1.73 bits per heavy atom. The van der Waals surface area contributed by atoms with E-state index in [2.05, 4.69) is 30.8 Å². The highest BCUT2D eigenvalue weighted by Gasteiger charge is 2.36. The van der Waals surface area contributed by atoms with Crippen LogP contribution in [-0.2, 0) is 19.1 Å². The van der Waals surface area contributed by atoms with Gasteiger partial charge in [0.2, 0.25) is 0 Å². The third-order valence-corrected chi connectivity index (χ3v) is 9.00. The number of rotatable bonds is 7. The van der Waals surface area contributed by atoms with Gasteiger partial charge in [0.05, 0.1) is 0 Å². The van der Waals surface area contributed by atoms with Gasteiger partial charge in [-0.2, -0.15) is 0 Å². The second-order valence-corrected chi connectivity index (χ2v) is 10.2. The van der Waals surface area contributed by atoms with Gasteiger partial charge in [-0.1, -0.05) is 67.2 Å². The molecule has 0 fully saturated rings. The normalized spacial score (nSPS) is 11.7. The van der Waals surface area contributed by atoms with Crippen molar-refractivity contribution in [3.63, 3.8) is 0 Å². The smallest absolute Gasteiger partial charge is 0.302 e. The molecule has 0 bridgehead atoms. The first-order chi connectivity index (χ1) is 12.4. The van der Waals surface area contributed by atoms with Crippen LogP contribution in [0.2, 0.25) is 6.55 Å². The minimum atomic E-state index is -2.38. The van der Waals surface area contributed by atoms with E-state index < -0.39 is 8.07 Å². The van der Waals surface area contributed by atoms with E-state index in [9.17, 15) is 9.59 Å². The van der Waals surface area contributed by atoms with Crippen molar-refractivity contribution >= 4 is 30.4 Å². The number of hydrogen-bond donors (Lipinski definition) is 0. The van der Waals surface area contributed by atoms with Crippen LogP contribution in [0.4, 0.5) is 0 Å². The van der Waals surface area contributed by atoms with Gasteiger partial charge in [0.15, 0.2) is 0 Å². The van der Waals surface area contributed by atoms with Crippen LogP contribution in [0, 0.1) is 0 Å². The van der Waals surface area contributed by atoms with Crippen molar-refractivity contribution in [2.75, 3.05) is 13.2 Å². The maximum absolute atomic E-state index is 11.4. The summed E-state index contributed by atoms with van der Waals surface area (Å²) in [6.07, 6.45) is 1.89. The molecule has 2 aromatic carbocycles. The van der Waals surface area contributed by atoms with E-state index in [1.165, 1.54) is 24.2 Å². The average Bonchev–Trinajstić information content (AvgIpc) is 2.65. The summed E-state index contributed by atoms with van der Waals surface area (Å²) in [5, 5.41) is 3.39. The van der Waals surface area contributed by atoms with Crippen molar-refractivity contribution in [1.82, 2.24) is 0 Å². The number of benzene rings is 2. The summed E-state index contributed by atoms with van der Waals surface area (Å²) >= 11 is 0. The molecule has 0 heterocycles. The van der Waals surface area contributed by atoms with Gasteiger partial charge in [-0.05, 0) is 21.6 Å². The quantitative estimate of drug-likeness (QED) is 0.556. The third-order valence-electron chi connectivity index (χ3n) is 4.39. The van der Waals surface area contributed by atoms with E-state index in [0.29, 0.717) is 0 Å². The molecule has 2 aromatic rings. The van der Waals surface area contributed by atoms with Crippen molar-refractivity contribution in [2.24, 2.45) is 0 Å². The molecular weight excluding hydrogens is 344 g/mol. The molecule has 26 heavy (non-hydrogen) atoms. The summed E-state index contributed by atoms with van der Waals surface area (Å²) in [5.41, 5.74) is 0. The van der Waals surface area contributed by atoms with Gasteiger partial charge in [0.25, 0.3) is 0 Å². The molecule has 5 heteroatoms. The Bertz CT molecular complexity index is 730. The molecule has 0 atom stereocenters. The molecule has 0 saturated carbocycles. The molecule has 0 N–H and O–H groups in total. The molecule has 0 radical (unpaired) electrons. The second-order valence-electron chi connectivity index (χ2n) is 6.17. The van der Waals surface area contributed by atoms with E-state index in [-0.39, 0.29) is 25.2 Å². The molecule has 0 aliphatic heterocycles. The number of carbonyl (C=O) groups excluding carboxylic acids is 2. The highest BCUT2D eigenvalue weighted by Crippen LogP contribution is 2.17. The molecule has 0 unspecified atom stereocenters. The first-order valence-corrected chi connectivity index (χ1v) is 11.0. The summed E-state index contributed by atoms with van der Waals surface area (Å²) in [4.78, 5) is 22.6. The van der Waals surface area contributed by atoms with Crippen LogP contribution in [-0.4, -0.2) is 33.2 Å². The van der Waals surface area contributed by atoms with Crippen molar-refractivity contribution < 1.29 is 19.1 Å². The fourth-order valence-electron chi connectivity index (χ4n) is 2.93. The standard InChI is InChI=1S/C21H24O4Si/c1-17(22)24-15-14-21(16-25-18(2)23)26(3,19-10-6-4-7-11-19)20-12-8-5-9-13-20/h4-14H,15-16H2,1-3H3/b21-14-. The Kier molecular flexibility index (Phi) is 6.92. The molecule has 4 nitrogen and oxygen atoms in total. The largest absolute Gasteiger partial charge is 0.462 e. The van der Waals surface area contributed by atoms with Gasteiger partial charge in [-0.25, -0.2) is 0 Å². The molecule has 0 amide bonds. The van der Waals surface area contributed by atoms with E-state index in [4.69, 9.17) is 9.47 Å². The molecule has 0 saturated heterocycles. The lowest BCUT2D eigenvalue weighted by Crippen LogP contribution is -2.58. The molecule has 136 valence electrons. The Balaban J connectivity index is 2.53. The van der Waals surface area contributed by atoms with Gasteiger partial charge in [0.1, 0.15) is 21.3 Å². The maximum atomic E-state index is 11.4. The van der Waals surface area contributed by atoms with Gasteiger partial charge < -0.3 is 9.47 Å². The number of esters is 2. The summed E-state index contributed by atoms with van der Waals surface area (Å²) in [6.45, 7) is 5.34. The number of carbonyl (C=O) groups is 2. The number of hydrogen-bond acceptors (Lipinski definition) is 4. The van der Waals surface area contributed by atoms with Crippen LogP contribution in [0.5, 0.6) is 0 Å². The van der Waals surface area contributed by atoms with Crippen molar-refractivity contribution in [3.8, 4) is 0 Å². The van der Waals surface area contributed by atoms with Crippen molar-refractivity contribution in [1.29, 1.82) is 0 Å². The Hall–Kier alpha value is -2.66. The fourth-order valence-corrected chi connectivity index (χ4v) is 6.57. The summed E-state index contributed by atoms with van der Waals surface area (Å²) in [7, 11) is -2.38. The van der Waals surface area contributed by atoms with Crippen LogP contribution >= 0.6 is 0 Å². The fraction of sp³-hybridized carbons (Fsp3) is 0.238. The van der Waals surface area contributed by atoms with Crippen molar-refractivity contribution in [2.45, 2.75) is 20.4 Å². The Morgan fingerprint density at radius 2 is 1.31 bits per heavy atom. The SMILES string of the molecule is CC(=O)OC/C=C(/COC(C)=O)[Si](C)(c1ccccc1)c1ccccc1. The summed E-state index contributed by atoms with van der Waals surface area (Å²) in [5.74, 6) is -0.670. The number of ether oxygens (including phenoxy) is 2. The second kappa shape index (κ2) is 9.15. The van der Waals surface area contributed by atoms with Crippen LogP contribution in [0.3, 0.4) is 0 Å². The topological polar surface area (TPSA) is 52.6 Å². The van der Waals surface area contributed by atoms with E-state index in [1.54, 1.807) is 0 Å². The van der Waals surface area contributed by atoms with Crippen LogP contribution in [0.1, 0.15) is 13.8 Å². The zero-order chi connectivity index (χ0) is 19.0. The Morgan fingerprint density at radius 1 is 0.846 bits per heavy atom. The van der Waals surface area contributed by atoms with Crippen LogP contribution in [0.15, 0.2) is 71.9 Å². The highest BCUT2D eigenvalue weighted by atomic mass is 28.3. The lowest BCUT2D eigenvalue weighted by atomic mass is 10.4. The predicted molar refractivity (Wildman–Crippen MR) is 105 cm³/mol. The van der Waals surface area contributed by atoms with Crippen LogP contribution in [0.25, 0.3) is 0 Å². The molecule has 0 aliphatic carbocycles. The van der Waals surface area contributed by atoms with Gasteiger partial charge in [-0.15, -0.1) is 0 Å². The minimum Gasteiger partial charge on any atom is -0.462 e. The zero-order valence-electron chi connectivity index (χ0n) is 15.4. The lowest BCUT2D eigenvalue weighted by Gasteiger charge is -2.31. The average molecular weight is 369 g/mol. The summed E-state index contributed by atoms with van der Waals surface area (Å²) < 4.78 is 10.5. The Labute approximate surface area is 155 Å². The highest BCUT2D eigenvalue weighted by molar-refractivity contribution is 7.06. The first kappa shape index (κ1) is 19.7. The molecule has 0 spiro atoms. The molecular formula is C21H24O4Si. The lowest BCUT2D eigenvalue weighted by molar-refractivity contribution is -0.141. The zero-order valence-corrected chi connectivity index (χ0v) is 16.4. The minimum absolute atomic E-state index is 0.161. The van der Waals surface area contributed by atoms with Gasteiger partial charge >= 0.3 is 11.9 Å². The first-order valence-electron chi connectivity index (χ1n) is 8.52. The van der Waals surface area contributed by atoms with Gasteiger partial charge in [-0.3, -0.25) is 9.59 Å². The maximum Gasteiger partial charge on any atom is 0.302 e. The van der Waals surface area contributed by atoms with Gasteiger partial charge in [0, 0.05) is 13.8 Å². The monoisotopic (exact) mass is 368 g/mol. The molecule has 2 rings (SSSR count). The van der Waals surface area contributed by atoms with E-state index in [0.717, 1.165) is 5.20 Å². The van der Waals surface area contributed by atoms with E-state index >= 15 is 0 Å². The predicted octanol–water partition coefficient (Wildman–Crippen LogP) is 2.47. The summed E-state index contributed by atoms with van der Waals surface area (Å²) in [6, 6.07) is 20.4. The third kappa shape index (κ3) is 4.92. The van der Waals surface area contributed by atoms with Crippen molar-refractivity contribution in [3.05, 3.63) is 71.9 Å². The molecule has 0 aromatic heterocycles. The van der Waals surface area contributed by atoms with E-state index in [1.807, 2.05) is 42.5 Å². The van der Waals surface area contributed by atoms with Crippen LogP contribution < -0.4 is 10.4 Å². The molecule has 0 aliphatic rings.